The molecule has 3 heterocycles. The van der Waals surface area contributed by atoms with E-state index in [-0.39, 0.29) is 33.5 Å². The van der Waals surface area contributed by atoms with Crippen LogP contribution >= 0.6 is 23.4 Å². The molecule has 3 fully saturated rings. The molecular weight excluding hydrogens is 640 g/mol. The second-order valence-electron chi connectivity index (χ2n) is 12.9. The number of anilines is 1. The van der Waals surface area contributed by atoms with E-state index in [0.717, 1.165) is 57.4 Å². The predicted octanol–water partition coefficient (Wildman–Crippen LogP) is 5.11. The van der Waals surface area contributed by atoms with Crippen molar-refractivity contribution in [1.29, 1.82) is 0 Å². The van der Waals surface area contributed by atoms with Gasteiger partial charge in [0.05, 0.1) is 36.2 Å². The number of piperidine rings is 1. The number of rotatable bonds is 7. The lowest BCUT2D eigenvalue weighted by molar-refractivity contribution is 0.0434. The van der Waals surface area contributed by atoms with E-state index in [2.05, 4.69) is 30.2 Å². The summed E-state index contributed by atoms with van der Waals surface area (Å²) < 4.78 is 39.5. The van der Waals surface area contributed by atoms with Crippen molar-refractivity contribution in [2.24, 2.45) is 5.41 Å². The monoisotopic (exact) mass is 680 g/mol. The lowest BCUT2D eigenvalue weighted by Gasteiger charge is -2.42. The fourth-order valence-corrected chi connectivity index (χ4v) is 8.61. The first-order chi connectivity index (χ1) is 21.2. The summed E-state index contributed by atoms with van der Waals surface area (Å²) in [5.74, 6) is 0.720. The molecule has 5 rings (SSSR count). The molecule has 0 bridgehead atoms. The Hall–Kier alpha value is -2.81. The molecule has 0 unspecified atom stereocenters. The Morgan fingerprint density at radius 1 is 1.11 bits per heavy atom. The van der Waals surface area contributed by atoms with Gasteiger partial charge >= 0.3 is 12.1 Å². The molecule has 3 aliphatic rings. The molecular formula is C30H41ClN6O6S2. The minimum Gasteiger partial charge on any atom is -0.444 e. The number of hydrogen-bond acceptors (Lipinski definition) is 10. The molecule has 1 aliphatic carbocycles. The molecule has 2 aromatic rings. The normalized spacial score (nSPS) is 21.9. The number of ether oxygens (including phenoxy) is 2. The molecule has 1 aromatic carbocycles. The van der Waals surface area contributed by atoms with Crippen molar-refractivity contribution >= 4 is 51.3 Å². The highest BCUT2D eigenvalue weighted by atomic mass is 35.5. The minimum absolute atomic E-state index is 0.00146. The van der Waals surface area contributed by atoms with Gasteiger partial charge in [-0.05, 0) is 65.5 Å². The summed E-state index contributed by atoms with van der Waals surface area (Å²) in [6, 6.07) is 3.69. The number of nitrogens with zero attached hydrogens (tertiary/aromatic N) is 3. The standard InChI is InChI=1S/C30H41ClN6O6S2/c1-19-26(35-28(39)43-29(2,3)4)30(18-42-19)12-14-37(15-13-30)23-16-33-24(17-32-23)44-21-10-7-11-22(25(21)31)45(40,41)36-27(38)34-20-8-5-6-9-20/h7,10-11,16-17,19-20,26H,5-6,8-9,12-15,18H2,1-4H3,(H,35,39)(H2,34,36,38)/t19-,26+/m0/s1. The van der Waals surface area contributed by atoms with Gasteiger partial charge in [-0.2, -0.15) is 0 Å². The number of hydrogen-bond donors (Lipinski definition) is 3. The Morgan fingerprint density at radius 3 is 2.47 bits per heavy atom. The number of halogens is 1. The van der Waals surface area contributed by atoms with E-state index in [1.807, 2.05) is 27.7 Å². The number of aromatic nitrogens is 2. The summed E-state index contributed by atoms with van der Waals surface area (Å²) in [4.78, 5) is 36.5. The Kier molecular flexibility index (Phi) is 10.1. The molecule has 2 atom stereocenters. The van der Waals surface area contributed by atoms with Crippen molar-refractivity contribution in [2.45, 2.75) is 105 Å². The fourth-order valence-electron chi connectivity index (χ4n) is 6.20. The van der Waals surface area contributed by atoms with E-state index in [4.69, 9.17) is 21.1 Å². The number of benzene rings is 1. The molecule has 45 heavy (non-hydrogen) atoms. The molecule has 15 heteroatoms. The van der Waals surface area contributed by atoms with Crippen LogP contribution in [-0.2, 0) is 19.5 Å². The summed E-state index contributed by atoms with van der Waals surface area (Å²) in [5.41, 5.74) is -0.772. The lowest BCUT2D eigenvalue weighted by atomic mass is 9.73. The zero-order chi connectivity index (χ0) is 32.4. The van der Waals surface area contributed by atoms with Gasteiger partial charge in [-0.15, -0.1) is 0 Å². The van der Waals surface area contributed by atoms with Gasteiger partial charge in [-0.25, -0.2) is 32.7 Å². The van der Waals surface area contributed by atoms with Gasteiger partial charge < -0.3 is 25.0 Å². The van der Waals surface area contributed by atoms with Gasteiger partial charge in [-0.1, -0.05) is 42.3 Å². The highest BCUT2D eigenvalue weighted by Gasteiger charge is 2.50. The first-order valence-corrected chi connectivity index (χ1v) is 17.9. The third-order valence-corrected chi connectivity index (χ3v) is 11.5. The highest BCUT2D eigenvalue weighted by Crippen LogP contribution is 2.43. The second-order valence-corrected chi connectivity index (χ2v) is 16.0. The molecule has 246 valence electrons. The predicted molar refractivity (Wildman–Crippen MR) is 171 cm³/mol. The van der Waals surface area contributed by atoms with Crippen LogP contribution in [-0.4, -0.2) is 74.0 Å². The van der Waals surface area contributed by atoms with Crippen LogP contribution in [0, 0.1) is 5.41 Å². The van der Waals surface area contributed by atoms with Gasteiger partial charge in [0.1, 0.15) is 21.3 Å². The first-order valence-electron chi connectivity index (χ1n) is 15.2. The highest BCUT2D eigenvalue weighted by molar-refractivity contribution is 7.99. The van der Waals surface area contributed by atoms with E-state index >= 15 is 0 Å². The van der Waals surface area contributed by atoms with Gasteiger partial charge in [0.25, 0.3) is 10.0 Å². The number of carbonyl (C=O) groups is 2. The van der Waals surface area contributed by atoms with Crippen LogP contribution < -0.4 is 20.3 Å². The number of carbonyl (C=O) groups excluding carboxylic acids is 2. The maximum Gasteiger partial charge on any atom is 0.407 e. The average Bonchev–Trinajstić information content (AvgIpc) is 3.58. The molecule has 2 saturated heterocycles. The number of alkyl carbamates (subject to hydrolysis) is 1. The number of sulfonamides is 1. The third-order valence-electron chi connectivity index (χ3n) is 8.48. The van der Waals surface area contributed by atoms with Crippen molar-refractivity contribution < 1.29 is 27.5 Å². The topological polar surface area (TPSA) is 152 Å². The van der Waals surface area contributed by atoms with Gasteiger partial charge in [0.15, 0.2) is 0 Å². The maximum atomic E-state index is 13.0. The molecule has 1 aromatic heterocycles. The summed E-state index contributed by atoms with van der Waals surface area (Å²) in [7, 11) is -4.19. The Bertz CT molecular complexity index is 1490. The first kappa shape index (κ1) is 33.6. The number of nitrogens with one attached hydrogen (secondary N) is 3. The van der Waals surface area contributed by atoms with E-state index in [1.54, 1.807) is 24.5 Å². The molecule has 1 saturated carbocycles. The van der Waals surface area contributed by atoms with Crippen molar-refractivity contribution in [2.75, 3.05) is 24.6 Å². The molecule has 0 radical (unpaired) electrons. The zero-order valence-electron chi connectivity index (χ0n) is 26.0. The van der Waals surface area contributed by atoms with Crippen molar-refractivity contribution in [3.8, 4) is 0 Å². The second kappa shape index (κ2) is 13.5. The SMILES string of the molecule is C[C@@H]1OCC2(CCN(c3cnc(Sc4cccc(S(=O)(=O)NC(=O)NC5CCCC5)c4Cl)cn3)CC2)[C@@H]1NC(=O)OC(C)(C)C. The quantitative estimate of drug-likeness (QED) is 0.360. The molecule has 3 amide bonds. The number of amides is 3. The van der Waals surface area contributed by atoms with Crippen molar-refractivity contribution in [3.63, 3.8) is 0 Å². The fraction of sp³-hybridized carbons (Fsp3) is 0.600. The van der Waals surface area contributed by atoms with E-state index < -0.39 is 27.7 Å². The van der Waals surface area contributed by atoms with E-state index in [1.165, 1.54) is 17.8 Å². The summed E-state index contributed by atoms with van der Waals surface area (Å²) in [6.45, 7) is 9.51. The summed E-state index contributed by atoms with van der Waals surface area (Å²) in [6.07, 6.45) is 8.06. The van der Waals surface area contributed by atoms with Crippen LogP contribution in [0.3, 0.4) is 0 Å². The summed E-state index contributed by atoms with van der Waals surface area (Å²) >= 11 is 7.71. The number of urea groups is 1. The largest absolute Gasteiger partial charge is 0.444 e. The van der Waals surface area contributed by atoms with Crippen LogP contribution in [0.2, 0.25) is 5.02 Å². The van der Waals surface area contributed by atoms with Gasteiger partial charge in [0.2, 0.25) is 0 Å². The van der Waals surface area contributed by atoms with Crippen LogP contribution in [0.15, 0.2) is 45.4 Å². The van der Waals surface area contributed by atoms with Crippen molar-refractivity contribution in [1.82, 2.24) is 25.3 Å². The smallest absolute Gasteiger partial charge is 0.407 e. The summed E-state index contributed by atoms with van der Waals surface area (Å²) in [5, 5.41) is 6.32. The molecule has 3 N–H and O–H groups in total. The minimum atomic E-state index is -4.19. The van der Waals surface area contributed by atoms with Crippen LogP contribution in [0.1, 0.15) is 66.2 Å². The van der Waals surface area contributed by atoms with E-state index in [9.17, 15) is 18.0 Å². The van der Waals surface area contributed by atoms with E-state index in [0.29, 0.717) is 16.5 Å². The maximum absolute atomic E-state index is 13.0. The van der Waals surface area contributed by atoms with Crippen LogP contribution in [0.25, 0.3) is 0 Å². The van der Waals surface area contributed by atoms with Crippen LogP contribution in [0.5, 0.6) is 0 Å². The zero-order valence-corrected chi connectivity index (χ0v) is 28.4. The Morgan fingerprint density at radius 2 is 1.82 bits per heavy atom. The molecule has 2 aliphatic heterocycles. The van der Waals surface area contributed by atoms with Crippen LogP contribution in [0.4, 0.5) is 15.4 Å². The van der Waals surface area contributed by atoms with Gasteiger partial charge in [-0.3, -0.25) is 0 Å². The molecule has 1 spiro atoms. The third kappa shape index (κ3) is 8.13. The average molecular weight is 681 g/mol. The molecule has 12 nitrogen and oxygen atoms in total. The Balaban J connectivity index is 1.19. The van der Waals surface area contributed by atoms with Crippen molar-refractivity contribution in [3.05, 3.63) is 35.6 Å². The Labute approximate surface area is 273 Å². The lowest BCUT2D eigenvalue weighted by Crippen LogP contribution is -2.55. The van der Waals surface area contributed by atoms with Gasteiger partial charge in [0, 0.05) is 29.4 Å².